The number of rotatable bonds is 4. The van der Waals surface area contributed by atoms with Gasteiger partial charge in [-0.15, -0.1) is 5.10 Å². The van der Waals surface area contributed by atoms with Crippen molar-refractivity contribution in [1.29, 1.82) is 0 Å². The van der Waals surface area contributed by atoms with Crippen molar-refractivity contribution >= 4 is 16.7 Å². The Labute approximate surface area is 178 Å². The third-order valence-corrected chi connectivity index (χ3v) is 6.24. The second-order valence-electron chi connectivity index (χ2n) is 8.71. The second-order valence-corrected chi connectivity index (χ2v) is 8.71. The molecule has 1 atom stereocenters. The number of hydrogen-bond acceptors (Lipinski definition) is 4. The first kappa shape index (κ1) is 20.5. The first-order valence-corrected chi connectivity index (χ1v) is 10.8. The number of likely N-dealkylation sites (tertiary alicyclic amines) is 1. The van der Waals surface area contributed by atoms with Crippen LogP contribution in [0, 0.1) is 12.8 Å². The zero-order valence-electron chi connectivity index (χ0n) is 18.0. The number of amides is 1. The SMILES string of the molecule is Cc1ccc(-c2nnc(C3CCN(C(=O)C(N)C(C)C)CC3)c3ccccc23)cc1. The maximum absolute atomic E-state index is 12.6. The smallest absolute Gasteiger partial charge is 0.239 e. The Kier molecular flexibility index (Phi) is 5.82. The van der Waals surface area contributed by atoms with Crippen molar-refractivity contribution in [2.24, 2.45) is 11.7 Å². The second kappa shape index (κ2) is 8.52. The zero-order valence-corrected chi connectivity index (χ0v) is 18.0. The van der Waals surface area contributed by atoms with Gasteiger partial charge in [-0.3, -0.25) is 4.79 Å². The predicted molar refractivity (Wildman–Crippen MR) is 121 cm³/mol. The summed E-state index contributed by atoms with van der Waals surface area (Å²) in [5.41, 5.74) is 10.4. The van der Waals surface area contributed by atoms with Crippen molar-refractivity contribution in [3.63, 3.8) is 0 Å². The topological polar surface area (TPSA) is 72.1 Å². The fraction of sp³-hybridized carbons (Fsp3) is 0.400. The number of piperidine rings is 1. The molecule has 2 N–H and O–H groups in total. The third kappa shape index (κ3) is 3.94. The Hall–Kier alpha value is -2.79. The zero-order chi connectivity index (χ0) is 21.3. The summed E-state index contributed by atoms with van der Waals surface area (Å²) >= 11 is 0. The molecule has 1 amide bonds. The summed E-state index contributed by atoms with van der Waals surface area (Å²) in [6.07, 6.45) is 1.78. The lowest BCUT2D eigenvalue weighted by Crippen LogP contribution is -2.49. The summed E-state index contributed by atoms with van der Waals surface area (Å²) in [5.74, 6) is 0.516. The molecule has 5 heteroatoms. The Morgan fingerprint density at radius 3 is 2.27 bits per heavy atom. The molecule has 1 unspecified atom stereocenters. The minimum Gasteiger partial charge on any atom is -0.341 e. The fourth-order valence-corrected chi connectivity index (χ4v) is 4.22. The van der Waals surface area contributed by atoms with Crippen LogP contribution >= 0.6 is 0 Å². The normalized spacial score (nSPS) is 16.2. The lowest BCUT2D eigenvalue weighted by atomic mass is 9.89. The number of fused-ring (bicyclic) bond motifs is 1. The molecule has 30 heavy (non-hydrogen) atoms. The first-order valence-electron chi connectivity index (χ1n) is 10.8. The Morgan fingerprint density at radius 2 is 1.63 bits per heavy atom. The Bertz CT molecular complexity index is 1040. The molecular formula is C25H30N4O. The van der Waals surface area contributed by atoms with Gasteiger partial charge in [-0.1, -0.05) is 67.9 Å². The van der Waals surface area contributed by atoms with E-state index in [-0.39, 0.29) is 11.8 Å². The minimum absolute atomic E-state index is 0.0640. The van der Waals surface area contributed by atoms with Crippen LogP contribution in [0.15, 0.2) is 48.5 Å². The highest BCUT2D eigenvalue weighted by Gasteiger charge is 2.30. The maximum atomic E-state index is 12.6. The van der Waals surface area contributed by atoms with Gasteiger partial charge in [0.1, 0.15) is 5.69 Å². The van der Waals surface area contributed by atoms with Crippen LogP contribution in [0.25, 0.3) is 22.0 Å². The monoisotopic (exact) mass is 402 g/mol. The van der Waals surface area contributed by atoms with Gasteiger partial charge < -0.3 is 10.6 Å². The van der Waals surface area contributed by atoms with E-state index in [0.717, 1.165) is 53.7 Å². The minimum atomic E-state index is -0.420. The van der Waals surface area contributed by atoms with Crippen molar-refractivity contribution in [3.05, 3.63) is 59.8 Å². The van der Waals surface area contributed by atoms with E-state index >= 15 is 0 Å². The molecule has 4 rings (SSSR count). The van der Waals surface area contributed by atoms with Gasteiger partial charge in [0.25, 0.3) is 0 Å². The molecule has 1 fully saturated rings. The van der Waals surface area contributed by atoms with Crippen LogP contribution in [0.5, 0.6) is 0 Å². The summed E-state index contributed by atoms with van der Waals surface area (Å²) in [5, 5.41) is 11.6. The fourth-order valence-electron chi connectivity index (χ4n) is 4.22. The predicted octanol–water partition coefficient (Wildman–Crippen LogP) is 4.29. The van der Waals surface area contributed by atoms with Crippen LogP contribution in [0.4, 0.5) is 0 Å². The average Bonchev–Trinajstić information content (AvgIpc) is 2.78. The molecule has 5 nitrogen and oxygen atoms in total. The molecule has 2 aromatic carbocycles. The maximum Gasteiger partial charge on any atom is 0.239 e. The largest absolute Gasteiger partial charge is 0.341 e. The number of aryl methyl sites for hydroxylation is 1. The Morgan fingerprint density at radius 1 is 1.00 bits per heavy atom. The quantitative estimate of drug-likeness (QED) is 0.706. The van der Waals surface area contributed by atoms with Crippen molar-refractivity contribution in [2.45, 2.75) is 45.6 Å². The number of carbonyl (C=O) groups excluding carboxylic acids is 1. The summed E-state index contributed by atoms with van der Waals surface area (Å²) in [6.45, 7) is 7.51. The molecule has 3 aromatic rings. The Balaban J connectivity index is 1.60. The highest BCUT2D eigenvalue weighted by Crippen LogP contribution is 2.35. The van der Waals surface area contributed by atoms with Crippen LogP contribution in [0.1, 0.15) is 43.9 Å². The number of nitrogens with zero attached hydrogens (tertiary/aromatic N) is 3. The number of nitrogens with two attached hydrogens (primary N) is 1. The molecule has 156 valence electrons. The summed E-state index contributed by atoms with van der Waals surface area (Å²) < 4.78 is 0. The highest BCUT2D eigenvalue weighted by molar-refractivity contribution is 5.95. The van der Waals surface area contributed by atoms with E-state index in [1.54, 1.807) is 0 Å². The summed E-state index contributed by atoms with van der Waals surface area (Å²) in [7, 11) is 0. The van der Waals surface area contributed by atoms with Gasteiger partial charge in [0.15, 0.2) is 0 Å². The van der Waals surface area contributed by atoms with Crippen LogP contribution in [0.3, 0.4) is 0 Å². The molecule has 0 radical (unpaired) electrons. The van der Waals surface area contributed by atoms with E-state index < -0.39 is 6.04 Å². The molecule has 1 saturated heterocycles. The average molecular weight is 403 g/mol. The van der Waals surface area contributed by atoms with E-state index in [4.69, 9.17) is 5.73 Å². The lowest BCUT2D eigenvalue weighted by molar-refractivity contribution is -0.134. The molecule has 0 spiro atoms. The van der Waals surface area contributed by atoms with Crippen LogP contribution in [-0.4, -0.2) is 40.1 Å². The van der Waals surface area contributed by atoms with Gasteiger partial charge in [-0.2, -0.15) is 5.10 Å². The van der Waals surface area contributed by atoms with Crippen molar-refractivity contribution in [1.82, 2.24) is 15.1 Å². The molecule has 0 aliphatic carbocycles. The van der Waals surface area contributed by atoms with E-state index in [1.807, 2.05) is 18.7 Å². The van der Waals surface area contributed by atoms with Gasteiger partial charge >= 0.3 is 0 Å². The molecule has 1 aliphatic heterocycles. The first-order chi connectivity index (χ1) is 14.5. The molecule has 0 bridgehead atoms. The number of hydrogen-bond donors (Lipinski definition) is 1. The van der Waals surface area contributed by atoms with Crippen molar-refractivity contribution < 1.29 is 4.79 Å². The molecule has 0 saturated carbocycles. The van der Waals surface area contributed by atoms with E-state index in [1.165, 1.54) is 5.56 Å². The van der Waals surface area contributed by atoms with E-state index in [0.29, 0.717) is 5.92 Å². The van der Waals surface area contributed by atoms with Gasteiger partial charge in [0, 0.05) is 35.3 Å². The van der Waals surface area contributed by atoms with Crippen LogP contribution < -0.4 is 5.73 Å². The summed E-state index contributed by atoms with van der Waals surface area (Å²) in [6, 6.07) is 16.4. The standard InChI is InChI=1S/C25H30N4O/c1-16(2)22(26)25(30)29-14-12-19(13-15-29)24-21-7-5-4-6-20(21)23(27-28-24)18-10-8-17(3)9-11-18/h4-11,16,19,22H,12-15,26H2,1-3H3. The third-order valence-electron chi connectivity index (χ3n) is 6.24. The number of carbonyl (C=O) groups is 1. The van der Waals surface area contributed by atoms with Gasteiger partial charge in [-0.05, 0) is 25.7 Å². The van der Waals surface area contributed by atoms with Gasteiger partial charge in [-0.25, -0.2) is 0 Å². The summed E-state index contributed by atoms with van der Waals surface area (Å²) in [4.78, 5) is 14.5. The van der Waals surface area contributed by atoms with Gasteiger partial charge in [0.2, 0.25) is 5.91 Å². The molecular weight excluding hydrogens is 372 g/mol. The highest BCUT2D eigenvalue weighted by atomic mass is 16.2. The van der Waals surface area contributed by atoms with E-state index in [9.17, 15) is 4.79 Å². The number of aromatic nitrogens is 2. The van der Waals surface area contributed by atoms with Crippen LogP contribution in [0.2, 0.25) is 0 Å². The molecule has 1 aromatic heterocycles. The molecule has 1 aliphatic rings. The van der Waals surface area contributed by atoms with Crippen LogP contribution in [-0.2, 0) is 4.79 Å². The van der Waals surface area contributed by atoms with E-state index in [2.05, 4.69) is 65.7 Å². The molecule has 2 heterocycles. The lowest BCUT2D eigenvalue weighted by Gasteiger charge is -2.34. The van der Waals surface area contributed by atoms with Crippen molar-refractivity contribution in [2.75, 3.05) is 13.1 Å². The van der Waals surface area contributed by atoms with Crippen molar-refractivity contribution in [3.8, 4) is 11.3 Å². The van der Waals surface area contributed by atoms with Gasteiger partial charge in [0.05, 0.1) is 11.7 Å². The number of benzene rings is 2.